The highest BCUT2D eigenvalue weighted by Crippen LogP contribution is 2.32. The summed E-state index contributed by atoms with van der Waals surface area (Å²) in [5.74, 6) is 1.04. The van der Waals surface area contributed by atoms with Crippen LogP contribution in [0.5, 0.6) is 5.75 Å². The van der Waals surface area contributed by atoms with Crippen molar-refractivity contribution in [2.24, 2.45) is 0 Å². The second-order valence-electron chi connectivity index (χ2n) is 4.95. The molecule has 20 heavy (non-hydrogen) atoms. The molecule has 0 saturated heterocycles. The van der Waals surface area contributed by atoms with Gasteiger partial charge in [-0.3, -0.25) is 0 Å². The lowest BCUT2D eigenvalue weighted by Gasteiger charge is -2.11. The zero-order valence-electron chi connectivity index (χ0n) is 11.2. The summed E-state index contributed by atoms with van der Waals surface area (Å²) in [6.45, 7) is 2.31. The van der Waals surface area contributed by atoms with E-state index in [2.05, 4.69) is 33.4 Å². The number of nitrogens with one attached hydrogen (secondary N) is 1. The van der Waals surface area contributed by atoms with Crippen LogP contribution in [0.1, 0.15) is 16.7 Å². The van der Waals surface area contributed by atoms with Gasteiger partial charge in [0.25, 0.3) is 0 Å². The fourth-order valence-electron chi connectivity index (χ4n) is 2.50. The number of halogens is 1. The van der Waals surface area contributed by atoms with E-state index in [0.717, 1.165) is 47.6 Å². The Morgan fingerprint density at radius 1 is 1.15 bits per heavy atom. The van der Waals surface area contributed by atoms with Crippen molar-refractivity contribution in [1.82, 2.24) is 5.32 Å². The molecule has 3 rings (SSSR count). The second kappa shape index (κ2) is 5.85. The Labute approximate surface area is 127 Å². The van der Waals surface area contributed by atoms with Crippen molar-refractivity contribution >= 4 is 21.6 Å². The monoisotopic (exact) mass is 332 g/mol. The fourth-order valence-corrected chi connectivity index (χ4v) is 3.06. The predicted molar refractivity (Wildman–Crippen MR) is 84.7 cm³/mol. The maximum absolute atomic E-state index is 5.94. The average Bonchev–Trinajstić information content (AvgIpc) is 2.89. The molecule has 1 aliphatic heterocycles. The summed E-state index contributed by atoms with van der Waals surface area (Å²) in [5, 5.41) is 3.43. The van der Waals surface area contributed by atoms with Gasteiger partial charge in [0.05, 0.1) is 6.61 Å². The van der Waals surface area contributed by atoms with E-state index < -0.39 is 0 Å². The van der Waals surface area contributed by atoms with E-state index in [1.54, 1.807) is 0 Å². The number of nitrogen functional groups attached to an aromatic ring is 1. The van der Waals surface area contributed by atoms with Crippen molar-refractivity contribution < 1.29 is 4.74 Å². The molecular formula is C16H17BrN2O. The van der Waals surface area contributed by atoms with E-state index in [9.17, 15) is 0 Å². The molecule has 0 radical (unpaired) electrons. The first kappa shape index (κ1) is 13.5. The van der Waals surface area contributed by atoms with Crippen LogP contribution in [0.2, 0.25) is 0 Å². The summed E-state index contributed by atoms with van der Waals surface area (Å²) in [4.78, 5) is 0. The van der Waals surface area contributed by atoms with Gasteiger partial charge in [0, 0.05) is 35.2 Å². The molecule has 0 saturated carbocycles. The van der Waals surface area contributed by atoms with Gasteiger partial charge in [0.15, 0.2) is 0 Å². The van der Waals surface area contributed by atoms with E-state index in [-0.39, 0.29) is 0 Å². The van der Waals surface area contributed by atoms with Crippen molar-refractivity contribution in [3.05, 3.63) is 57.6 Å². The molecule has 0 aliphatic carbocycles. The smallest absolute Gasteiger partial charge is 0.127 e. The molecule has 1 heterocycles. The lowest BCUT2D eigenvalue weighted by atomic mass is 10.1. The highest BCUT2D eigenvalue weighted by Gasteiger charge is 2.17. The summed E-state index contributed by atoms with van der Waals surface area (Å²) in [6.07, 6.45) is 0.993. The number of hydrogen-bond acceptors (Lipinski definition) is 3. The van der Waals surface area contributed by atoms with Gasteiger partial charge in [-0.25, -0.2) is 0 Å². The maximum atomic E-state index is 5.94. The van der Waals surface area contributed by atoms with Gasteiger partial charge in [-0.15, -0.1) is 0 Å². The molecule has 0 fully saturated rings. The number of nitrogens with two attached hydrogens (primary N) is 1. The molecular weight excluding hydrogens is 316 g/mol. The summed E-state index contributed by atoms with van der Waals surface area (Å²) < 4.78 is 6.83. The minimum atomic E-state index is 0.758. The summed E-state index contributed by atoms with van der Waals surface area (Å²) in [7, 11) is 0. The van der Waals surface area contributed by atoms with Crippen LogP contribution in [0, 0.1) is 0 Å². The third-order valence-electron chi connectivity index (χ3n) is 3.51. The molecule has 104 valence electrons. The van der Waals surface area contributed by atoms with Gasteiger partial charge in [-0.2, -0.15) is 0 Å². The van der Waals surface area contributed by atoms with Gasteiger partial charge in [0.2, 0.25) is 0 Å². The quantitative estimate of drug-likeness (QED) is 0.845. The topological polar surface area (TPSA) is 47.3 Å². The van der Waals surface area contributed by atoms with Gasteiger partial charge < -0.3 is 15.8 Å². The third-order valence-corrected chi connectivity index (χ3v) is 3.97. The minimum absolute atomic E-state index is 0.758. The molecule has 2 aromatic rings. The van der Waals surface area contributed by atoms with Crippen LogP contribution in [-0.4, -0.2) is 6.61 Å². The van der Waals surface area contributed by atoms with E-state index in [0.29, 0.717) is 0 Å². The van der Waals surface area contributed by atoms with Gasteiger partial charge in [-0.1, -0.05) is 34.1 Å². The summed E-state index contributed by atoms with van der Waals surface area (Å²) >= 11 is 3.56. The zero-order valence-corrected chi connectivity index (χ0v) is 12.7. The molecule has 3 N–H and O–H groups in total. The zero-order chi connectivity index (χ0) is 13.9. The Morgan fingerprint density at radius 2 is 1.95 bits per heavy atom. The van der Waals surface area contributed by atoms with Crippen LogP contribution in [0.3, 0.4) is 0 Å². The number of anilines is 1. The Bertz CT molecular complexity index is 628. The highest BCUT2D eigenvalue weighted by atomic mass is 79.9. The van der Waals surface area contributed by atoms with Crippen LogP contribution >= 0.6 is 15.9 Å². The molecule has 0 spiro atoms. The Kier molecular flexibility index (Phi) is 3.94. The molecule has 2 aromatic carbocycles. The molecule has 4 heteroatoms. The van der Waals surface area contributed by atoms with Crippen LogP contribution < -0.4 is 15.8 Å². The Balaban J connectivity index is 1.69. The van der Waals surface area contributed by atoms with Crippen molar-refractivity contribution in [3.8, 4) is 5.75 Å². The highest BCUT2D eigenvalue weighted by molar-refractivity contribution is 9.10. The number of hydrogen-bond donors (Lipinski definition) is 2. The van der Waals surface area contributed by atoms with Crippen molar-refractivity contribution in [2.75, 3.05) is 12.3 Å². The number of benzene rings is 2. The van der Waals surface area contributed by atoms with E-state index in [4.69, 9.17) is 10.5 Å². The van der Waals surface area contributed by atoms with E-state index in [1.807, 2.05) is 24.3 Å². The molecule has 0 atom stereocenters. The van der Waals surface area contributed by atoms with Crippen LogP contribution in [0.25, 0.3) is 0 Å². The largest absolute Gasteiger partial charge is 0.493 e. The lowest BCUT2D eigenvalue weighted by molar-refractivity contribution is 0.352. The summed E-state index contributed by atoms with van der Waals surface area (Å²) in [5.41, 5.74) is 10.4. The molecule has 3 nitrogen and oxygen atoms in total. The number of ether oxygens (including phenoxy) is 1. The number of rotatable bonds is 4. The maximum Gasteiger partial charge on any atom is 0.127 e. The van der Waals surface area contributed by atoms with Gasteiger partial charge in [-0.05, 0) is 29.3 Å². The fraction of sp³-hybridized carbons (Fsp3) is 0.250. The molecule has 0 aromatic heterocycles. The summed E-state index contributed by atoms with van der Waals surface area (Å²) in [6, 6.07) is 12.2. The van der Waals surface area contributed by atoms with Crippen molar-refractivity contribution in [3.63, 3.8) is 0 Å². The second-order valence-corrected chi connectivity index (χ2v) is 5.87. The SMILES string of the molecule is Nc1ccccc1CNCc1cc(Br)cc2c1OCC2. The third kappa shape index (κ3) is 2.81. The first-order valence-corrected chi connectivity index (χ1v) is 7.51. The van der Waals surface area contributed by atoms with E-state index in [1.165, 1.54) is 11.1 Å². The molecule has 1 aliphatic rings. The average molecular weight is 333 g/mol. The van der Waals surface area contributed by atoms with E-state index >= 15 is 0 Å². The first-order valence-electron chi connectivity index (χ1n) is 6.72. The normalized spacial score (nSPS) is 13.1. The molecule has 0 unspecified atom stereocenters. The molecule has 0 bridgehead atoms. The van der Waals surface area contributed by atoms with Crippen molar-refractivity contribution in [2.45, 2.75) is 19.5 Å². The number of fused-ring (bicyclic) bond motifs is 1. The van der Waals surface area contributed by atoms with Crippen LogP contribution in [0.15, 0.2) is 40.9 Å². The lowest BCUT2D eigenvalue weighted by Crippen LogP contribution is -2.14. The first-order chi connectivity index (χ1) is 9.74. The predicted octanol–water partition coefficient (Wildman–Crippen LogP) is 3.26. The number of para-hydroxylation sites is 1. The van der Waals surface area contributed by atoms with Crippen LogP contribution in [0.4, 0.5) is 5.69 Å². The van der Waals surface area contributed by atoms with Crippen LogP contribution in [-0.2, 0) is 19.5 Å². The Hall–Kier alpha value is -1.52. The van der Waals surface area contributed by atoms with Crippen molar-refractivity contribution in [1.29, 1.82) is 0 Å². The Morgan fingerprint density at radius 3 is 2.80 bits per heavy atom. The van der Waals surface area contributed by atoms with Gasteiger partial charge >= 0.3 is 0 Å². The standard InChI is InChI=1S/C16H17BrN2O/c17-14-7-11-5-6-20-16(11)13(8-14)10-19-9-12-3-1-2-4-15(12)18/h1-4,7-8,19H,5-6,9-10,18H2. The minimum Gasteiger partial charge on any atom is -0.493 e. The van der Waals surface area contributed by atoms with Gasteiger partial charge in [0.1, 0.15) is 5.75 Å². The molecule has 0 amide bonds.